The van der Waals surface area contributed by atoms with Crippen molar-refractivity contribution >= 4 is 23.5 Å². The standard InChI is InChI=1S/C30H27NO4/c1-3-35-28(33)25-19-18-23(21-12-6-4-7-13-21)27(22-14-8-5-9-15-22)30(25)24-16-10-11-17-26(24)31(20(2)32)29(30)34/h4-17,19,23,27H,3,18H2,1-2H3/t23-,27-,30+/m0/s1. The first-order valence-electron chi connectivity index (χ1n) is 11.9. The number of hydrogen-bond acceptors (Lipinski definition) is 4. The Hall–Kier alpha value is -3.99. The summed E-state index contributed by atoms with van der Waals surface area (Å²) in [5.41, 5.74) is 2.11. The molecule has 0 bridgehead atoms. The summed E-state index contributed by atoms with van der Waals surface area (Å²) in [7, 11) is 0. The van der Waals surface area contributed by atoms with Crippen LogP contribution >= 0.6 is 0 Å². The van der Waals surface area contributed by atoms with Gasteiger partial charge in [0, 0.05) is 12.8 Å². The molecule has 1 heterocycles. The molecule has 0 saturated heterocycles. The highest BCUT2D eigenvalue weighted by molar-refractivity contribution is 6.26. The van der Waals surface area contributed by atoms with Gasteiger partial charge in [-0.25, -0.2) is 9.69 Å². The first-order chi connectivity index (χ1) is 17.0. The maximum Gasteiger partial charge on any atom is 0.335 e. The van der Waals surface area contributed by atoms with Crippen LogP contribution in [0.3, 0.4) is 0 Å². The van der Waals surface area contributed by atoms with Gasteiger partial charge < -0.3 is 4.74 Å². The zero-order valence-corrected chi connectivity index (χ0v) is 19.8. The number of benzene rings is 3. The minimum Gasteiger partial charge on any atom is -0.463 e. The number of imide groups is 1. The fourth-order valence-corrected chi connectivity index (χ4v) is 5.91. The number of rotatable bonds is 4. The molecule has 3 atom stereocenters. The van der Waals surface area contributed by atoms with Crippen LogP contribution in [0.2, 0.25) is 0 Å². The van der Waals surface area contributed by atoms with Gasteiger partial charge in [-0.1, -0.05) is 84.9 Å². The Bertz CT molecular complexity index is 1310. The molecule has 0 fully saturated rings. The summed E-state index contributed by atoms with van der Waals surface area (Å²) < 4.78 is 5.49. The Morgan fingerprint density at radius 1 is 0.914 bits per heavy atom. The molecule has 1 aliphatic heterocycles. The second-order valence-electron chi connectivity index (χ2n) is 8.96. The maximum atomic E-state index is 14.5. The van der Waals surface area contributed by atoms with Crippen LogP contribution in [0, 0.1) is 0 Å². The number of carbonyl (C=O) groups is 3. The van der Waals surface area contributed by atoms with Gasteiger partial charge in [-0.05, 0) is 42.0 Å². The van der Waals surface area contributed by atoms with Crippen molar-refractivity contribution in [3.63, 3.8) is 0 Å². The minimum atomic E-state index is -1.39. The van der Waals surface area contributed by atoms with Gasteiger partial charge in [0.25, 0.3) is 0 Å². The van der Waals surface area contributed by atoms with Crippen LogP contribution in [0.15, 0.2) is 96.6 Å². The number of anilines is 1. The number of carbonyl (C=O) groups excluding carboxylic acids is 3. The van der Waals surface area contributed by atoms with Crippen molar-refractivity contribution in [1.82, 2.24) is 0 Å². The van der Waals surface area contributed by atoms with E-state index in [-0.39, 0.29) is 18.4 Å². The predicted octanol–water partition coefficient (Wildman–Crippen LogP) is 5.28. The molecule has 1 aliphatic carbocycles. The lowest BCUT2D eigenvalue weighted by molar-refractivity contribution is -0.142. The highest BCUT2D eigenvalue weighted by atomic mass is 16.5. The van der Waals surface area contributed by atoms with E-state index >= 15 is 0 Å². The van der Waals surface area contributed by atoms with E-state index in [0.29, 0.717) is 23.2 Å². The van der Waals surface area contributed by atoms with E-state index in [1.165, 1.54) is 11.8 Å². The van der Waals surface area contributed by atoms with Gasteiger partial charge in [-0.3, -0.25) is 9.59 Å². The predicted molar refractivity (Wildman–Crippen MR) is 134 cm³/mol. The number of amides is 2. The van der Waals surface area contributed by atoms with Crippen molar-refractivity contribution in [3.05, 3.63) is 113 Å². The molecular formula is C30H27NO4. The van der Waals surface area contributed by atoms with Crippen molar-refractivity contribution in [2.45, 2.75) is 37.5 Å². The van der Waals surface area contributed by atoms with Crippen molar-refractivity contribution in [2.75, 3.05) is 11.5 Å². The average Bonchev–Trinajstić information content (AvgIpc) is 3.13. The Kier molecular flexibility index (Phi) is 5.85. The van der Waals surface area contributed by atoms with Crippen molar-refractivity contribution in [3.8, 4) is 0 Å². The van der Waals surface area contributed by atoms with Crippen LogP contribution in [-0.2, 0) is 24.5 Å². The lowest BCUT2D eigenvalue weighted by Gasteiger charge is -2.45. The monoisotopic (exact) mass is 465 g/mol. The summed E-state index contributed by atoms with van der Waals surface area (Å²) in [4.78, 5) is 42.0. The number of para-hydroxylation sites is 1. The van der Waals surface area contributed by atoms with E-state index in [4.69, 9.17) is 4.74 Å². The topological polar surface area (TPSA) is 63.7 Å². The van der Waals surface area contributed by atoms with Crippen LogP contribution in [0.1, 0.15) is 48.8 Å². The fraction of sp³-hybridized carbons (Fsp3) is 0.233. The Labute approximate surface area is 205 Å². The van der Waals surface area contributed by atoms with E-state index in [1.54, 1.807) is 13.0 Å². The van der Waals surface area contributed by atoms with Gasteiger partial charge in [-0.15, -0.1) is 0 Å². The third-order valence-electron chi connectivity index (χ3n) is 7.18. The first kappa shape index (κ1) is 22.8. The molecule has 0 saturated carbocycles. The van der Waals surface area contributed by atoms with Gasteiger partial charge in [0.2, 0.25) is 11.8 Å². The van der Waals surface area contributed by atoms with E-state index in [1.807, 2.05) is 72.8 Å². The van der Waals surface area contributed by atoms with Crippen LogP contribution in [0.5, 0.6) is 0 Å². The van der Waals surface area contributed by atoms with E-state index in [2.05, 4.69) is 12.1 Å². The van der Waals surface area contributed by atoms with Crippen LogP contribution in [-0.4, -0.2) is 24.4 Å². The Morgan fingerprint density at radius 3 is 2.14 bits per heavy atom. The molecule has 5 rings (SSSR count). The third-order valence-corrected chi connectivity index (χ3v) is 7.18. The van der Waals surface area contributed by atoms with E-state index in [0.717, 1.165) is 11.1 Å². The van der Waals surface area contributed by atoms with Crippen molar-refractivity contribution < 1.29 is 19.1 Å². The molecule has 1 spiro atoms. The molecule has 35 heavy (non-hydrogen) atoms. The molecule has 3 aromatic rings. The maximum absolute atomic E-state index is 14.5. The van der Waals surface area contributed by atoms with Gasteiger partial charge in [0.15, 0.2) is 0 Å². The highest BCUT2D eigenvalue weighted by Gasteiger charge is 2.63. The summed E-state index contributed by atoms with van der Waals surface area (Å²) in [6.07, 6.45) is 2.42. The lowest BCUT2D eigenvalue weighted by Crippen LogP contribution is -2.52. The molecule has 0 aromatic heterocycles. The molecule has 176 valence electrons. The fourth-order valence-electron chi connectivity index (χ4n) is 5.91. The zero-order valence-electron chi connectivity index (χ0n) is 19.8. The quantitative estimate of drug-likeness (QED) is 0.492. The Balaban J connectivity index is 1.87. The molecule has 2 amide bonds. The van der Waals surface area contributed by atoms with Crippen molar-refractivity contribution in [2.24, 2.45) is 0 Å². The first-order valence-corrected chi connectivity index (χ1v) is 11.9. The molecule has 5 nitrogen and oxygen atoms in total. The lowest BCUT2D eigenvalue weighted by atomic mass is 9.55. The number of fused-ring (bicyclic) bond motifs is 2. The van der Waals surface area contributed by atoms with Crippen LogP contribution in [0.4, 0.5) is 5.69 Å². The van der Waals surface area contributed by atoms with Gasteiger partial charge >= 0.3 is 5.97 Å². The smallest absolute Gasteiger partial charge is 0.335 e. The molecule has 5 heteroatoms. The van der Waals surface area contributed by atoms with Crippen molar-refractivity contribution in [1.29, 1.82) is 0 Å². The Morgan fingerprint density at radius 2 is 1.51 bits per heavy atom. The third kappa shape index (κ3) is 3.42. The normalized spacial score (nSPS) is 23.1. The van der Waals surface area contributed by atoms with Gasteiger partial charge in [-0.2, -0.15) is 0 Å². The molecule has 2 aliphatic rings. The van der Waals surface area contributed by atoms with E-state index in [9.17, 15) is 14.4 Å². The second-order valence-corrected chi connectivity index (χ2v) is 8.96. The minimum absolute atomic E-state index is 0.0966. The number of nitrogens with zero attached hydrogens (tertiary/aromatic N) is 1. The summed E-state index contributed by atoms with van der Waals surface area (Å²) >= 11 is 0. The number of allylic oxidation sites excluding steroid dienone is 1. The number of esters is 1. The molecule has 0 radical (unpaired) electrons. The molecular weight excluding hydrogens is 438 g/mol. The zero-order chi connectivity index (χ0) is 24.6. The SMILES string of the molecule is CCOC(=O)C1=CC[C@@H](c2ccccc2)[C@H](c2ccccc2)[C@]12C(=O)N(C(C)=O)c1ccccc12. The average molecular weight is 466 g/mol. The number of hydrogen-bond donors (Lipinski definition) is 0. The summed E-state index contributed by atoms with van der Waals surface area (Å²) in [6.45, 7) is 3.33. The largest absolute Gasteiger partial charge is 0.463 e. The molecule has 3 aromatic carbocycles. The molecule has 0 unspecified atom stereocenters. The van der Waals surface area contributed by atoms with E-state index < -0.39 is 23.2 Å². The van der Waals surface area contributed by atoms with Gasteiger partial charge in [0.1, 0.15) is 5.41 Å². The summed E-state index contributed by atoms with van der Waals surface area (Å²) in [6, 6.07) is 27.2. The van der Waals surface area contributed by atoms with Crippen LogP contribution in [0.25, 0.3) is 0 Å². The van der Waals surface area contributed by atoms with Gasteiger partial charge in [0.05, 0.1) is 17.9 Å². The summed E-state index contributed by atoms with van der Waals surface area (Å²) in [5, 5.41) is 0. The number of ether oxygens (including phenoxy) is 1. The summed E-state index contributed by atoms with van der Waals surface area (Å²) in [5.74, 6) is -1.82. The highest BCUT2D eigenvalue weighted by Crippen LogP contribution is 2.61. The van der Waals surface area contributed by atoms with Crippen LogP contribution < -0.4 is 4.90 Å². The second kappa shape index (κ2) is 8.99. The molecule has 0 N–H and O–H groups in total.